The third-order valence-corrected chi connectivity index (χ3v) is 3.02. The van der Waals surface area contributed by atoms with E-state index in [-0.39, 0.29) is 6.61 Å². The molecule has 0 radical (unpaired) electrons. The zero-order chi connectivity index (χ0) is 14.1. The Bertz CT molecular complexity index is 381. The number of carbonyl (C=O) groups excluding carboxylic acids is 1. The van der Waals surface area contributed by atoms with Gasteiger partial charge in [0.15, 0.2) is 0 Å². The van der Waals surface area contributed by atoms with Crippen LogP contribution in [-0.2, 0) is 11.3 Å². The van der Waals surface area contributed by atoms with E-state index in [2.05, 4.69) is 5.32 Å². The van der Waals surface area contributed by atoms with E-state index in [0.29, 0.717) is 24.6 Å². The van der Waals surface area contributed by atoms with E-state index < -0.39 is 11.8 Å². The molecule has 3 N–H and O–H groups in total. The van der Waals surface area contributed by atoms with Gasteiger partial charge in [0, 0.05) is 11.8 Å². The lowest BCUT2D eigenvalue weighted by Crippen LogP contribution is -2.56. The smallest absolute Gasteiger partial charge is 0.408 e. The van der Waals surface area contributed by atoms with Crippen molar-refractivity contribution in [3.8, 4) is 0 Å². The Labute approximate surface area is 123 Å². The van der Waals surface area contributed by atoms with Crippen molar-refractivity contribution in [1.82, 2.24) is 5.32 Å². The summed E-state index contributed by atoms with van der Waals surface area (Å²) in [5.41, 5.74) is 6.00. The van der Waals surface area contributed by atoms with Crippen molar-refractivity contribution in [2.24, 2.45) is 5.73 Å². The van der Waals surface area contributed by atoms with E-state index in [1.807, 2.05) is 30.3 Å². The first-order chi connectivity index (χ1) is 9.09. The van der Waals surface area contributed by atoms with Crippen molar-refractivity contribution in [1.29, 1.82) is 0 Å². The maximum absolute atomic E-state index is 11.7. The number of hydrogen-bond acceptors (Lipinski definition) is 3. The molecular formula is C13H18Cl2N2O2. The van der Waals surface area contributed by atoms with Crippen molar-refractivity contribution in [3.63, 3.8) is 0 Å². The summed E-state index contributed by atoms with van der Waals surface area (Å²) in [5.74, 6) is 0.679. The van der Waals surface area contributed by atoms with Gasteiger partial charge in [-0.2, -0.15) is 0 Å². The van der Waals surface area contributed by atoms with Gasteiger partial charge < -0.3 is 15.8 Å². The maximum Gasteiger partial charge on any atom is 0.408 e. The van der Waals surface area contributed by atoms with Crippen LogP contribution in [0.1, 0.15) is 18.4 Å². The number of halogens is 2. The van der Waals surface area contributed by atoms with Crippen molar-refractivity contribution in [3.05, 3.63) is 35.9 Å². The van der Waals surface area contributed by atoms with E-state index >= 15 is 0 Å². The van der Waals surface area contributed by atoms with Crippen molar-refractivity contribution < 1.29 is 9.53 Å². The second-order valence-electron chi connectivity index (χ2n) is 4.22. The van der Waals surface area contributed by atoms with Crippen LogP contribution in [0, 0.1) is 0 Å². The molecule has 0 atom stereocenters. The van der Waals surface area contributed by atoms with Gasteiger partial charge in [0.2, 0.25) is 0 Å². The molecule has 0 saturated carbocycles. The second-order valence-corrected chi connectivity index (χ2v) is 4.98. The summed E-state index contributed by atoms with van der Waals surface area (Å²) < 4.78 is 5.10. The number of carbonyl (C=O) groups is 1. The van der Waals surface area contributed by atoms with Gasteiger partial charge in [0.05, 0.1) is 5.66 Å². The molecule has 0 aliphatic rings. The van der Waals surface area contributed by atoms with Crippen molar-refractivity contribution in [2.75, 3.05) is 11.8 Å². The van der Waals surface area contributed by atoms with E-state index in [4.69, 9.17) is 33.7 Å². The van der Waals surface area contributed by atoms with Crippen LogP contribution in [-0.4, -0.2) is 23.5 Å². The zero-order valence-corrected chi connectivity index (χ0v) is 12.1. The number of hydrogen-bond donors (Lipinski definition) is 2. The molecule has 0 aliphatic heterocycles. The highest BCUT2D eigenvalue weighted by molar-refractivity contribution is 6.18. The molecule has 1 amide bonds. The quantitative estimate of drug-likeness (QED) is 0.601. The second kappa shape index (κ2) is 8.25. The van der Waals surface area contributed by atoms with E-state index in [9.17, 15) is 4.79 Å². The molecule has 0 aromatic heterocycles. The summed E-state index contributed by atoms with van der Waals surface area (Å²) in [6.07, 6.45) is 0.297. The van der Waals surface area contributed by atoms with Gasteiger partial charge in [-0.3, -0.25) is 0 Å². The summed E-state index contributed by atoms with van der Waals surface area (Å²) in [6, 6.07) is 9.41. The number of alkyl halides is 2. The van der Waals surface area contributed by atoms with Gasteiger partial charge in [-0.25, -0.2) is 4.79 Å². The number of amides is 1. The van der Waals surface area contributed by atoms with Gasteiger partial charge in [-0.05, 0) is 18.4 Å². The summed E-state index contributed by atoms with van der Waals surface area (Å²) in [7, 11) is 0. The average molecular weight is 305 g/mol. The lowest BCUT2D eigenvalue weighted by Gasteiger charge is -2.28. The van der Waals surface area contributed by atoms with Crippen molar-refractivity contribution in [2.45, 2.75) is 25.1 Å². The molecule has 4 nitrogen and oxygen atoms in total. The first-order valence-corrected chi connectivity index (χ1v) is 7.06. The molecule has 0 heterocycles. The Morgan fingerprint density at radius 1 is 1.21 bits per heavy atom. The van der Waals surface area contributed by atoms with Crippen LogP contribution in [0.15, 0.2) is 30.3 Å². The Hall–Kier alpha value is -0.970. The summed E-state index contributed by atoms with van der Waals surface area (Å²) in [4.78, 5) is 11.7. The summed E-state index contributed by atoms with van der Waals surface area (Å²) >= 11 is 11.3. The maximum atomic E-state index is 11.7. The zero-order valence-electron chi connectivity index (χ0n) is 10.6. The third-order valence-electron chi connectivity index (χ3n) is 2.64. The van der Waals surface area contributed by atoms with Crippen LogP contribution in [0.4, 0.5) is 4.79 Å². The number of nitrogens with one attached hydrogen (secondary N) is 1. The first-order valence-electron chi connectivity index (χ1n) is 5.99. The lowest BCUT2D eigenvalue weighted by atomic mass is 10.1. The number of alkyl carbamates (subject to hydrolysis) is 1. The van der Waals surface area contributed by atoms with Crippen LogP contribution in [0.2, 0.25) is 0 Å². The minimum absolute atomic E-state index is 0.199. The Kier molecular flexibility index (Phi) is 6.99. The van der Waals surface area contributed by atoms with Gasteiger partial charge in [-0.1, -0.05) is 30.3 Å². The highest BCUT2D eigenvalue weighted by Gasteiger charge is 2.26. The molecule has 1 rings (SSSR count). The highest BCUT2D eigenvalue weighted by Crippen LogP contribution is 2.11. The molecule has 0 unspecified atom stereocenters. The van der Waals surface area contributed by atoms with Crippen LogP contribution < -0.4 is 11.1 Å². The first kappa shape index (κ1) is 16.1. The van der Waals surface area contributed by atoms with Crippen molar-refractivity contribution >= 4 is 29.3 Å². The minimum atomic E-state index is -0.919. The fraction of sp³-hybridized carbons (Fsp3) is 0.462. The van der Waals surface area contributed by atoms with E-state index in [0.717, 1.165) is 5.56 Å². The number of ether oxygens (including phenoxy) is 1. The van der Waals surface area contributed by atoms with Crippen LogP contribution in [0.3, 0.4) is 0 Å². The lowest BCUT2D eigenvalue weighted by molar-refractivity contribution is 0.125. The van der Waals surface area contributed by atoms with E-state index in [1.54, 1.807) is 0 Å². The standard InChI is InChI=1S/C13H18Cl2N2O2/c14-8-6-13(16,7-9-15)17-12(18)19-10-11-4-2-1-3-5-11/h1-5H,6-10,16H2,(H,17,18). The van der Waals surface area contributed by atoms with Crippen LogP contribution in [0.5, 0.6) is 0 Å². The predicted octanol–water partition coefficient (Wildman–Crippen LogP) is 2.83. The summed E-state index contributed by atoms with van der Waals surface area (Å²) in [5, 5.41) is 2.61. The van der Waals surface area contributed by atoms with Crippen LogP contribution in [0.25, 0.3) is 0 Å². The number of nitrogens with two attached hydrogens (primary N) is 1. The fourth-order valence-electron chi connectivity index (χ4n) is 1.55. The number of benzene rings is 1. The molecule has 0 aliphatic carbocycles. The molecule has 0 saturated heterocycles. The molecule has 0 spiro atoms. The monoisotopic (exact) mass is 304 g/mol. The molecular weight excluding hydrogens is 287 g/mol. The third kappa shape index (κ3) is 6.14. The van der Waals surface area contributed by atoms with Gasteiger partial charge in [0.1, 0.15) is 6.61 Å². The molecule has 6 heteroatoms. The number of rotatable bonds is 7. The molecule has 0 fully saturated rings. The fourth-order valence-corrected chi connectivity index (χ4v) is 2.22. The van der Waals surface area contributed by atoms with Crippen LogP contribution >= 0.6 is 23.2 Å². The Morgan fingerprint density at radius 2 is 1.79 bits per heavy atom. The predicted molar refractivity (Wildman–Crippen MR) is 77.4 cm³/mol. The SMILES string of the molecule is NC(CCCl)(CCCl)NC(=O)OCc1ccccc1. The molecule has 1 aromatic carbocycles. The van der Waals surface area contributed by atoms with Gasteiger partial charge >= 0.3 is 6.09 Å². The highest BCUT2D eigenvalue weighted by atomic mass is 35.5. The largest absolute Gasteiger partial charge is 0.445 e. The Balaban J connectivity index is 2.44. The van der Waals surface area contributed by atoms with Gasteiger partial charge in [-0.15, -0.1) is 23.2 Å². The van der Waals surface area contributed by atoms with E-state index in [1.165, 1.54) is 0 Å². The topological polar surface area (TPSA) is 64.3 Å². The minimum Gasteiger partial charge on any atom is -0.445 e. The molecule has 0 bridgehead atoms. The average Bonchev–Trinajstić information content (AvgIpc) is 2.38. The normalized spacial score (nSPS) is 11.1. The summed E-state index contributed by atoms with van der Waals surface area (Å²) in [6.45, 7) is 0.199. The molecule has 1 aromatic rings. The molecule has 106 valence electrons. The molecule has 19 heavy (non-hydrogen) atoms. The van der Waals surface area contributed by atoms with Gasteiger partial charge in [0.25, 0.3) is 0 Å². The Morgan fingerprint density at radius 3 is 2.32 bits per heavy atom.